The van der Waals surface area contributed by atoms with Crippen molar-refractivity contribution in [3.05, 3.63) is 119 Å². The summed E-state index contributed by atoms with van der Waals surface area (Å²) in [5, 5.41) is 0.698. The SMILES string of the molecule is CCCCCc1ccc(Br)c(OC(=O)c2c(Br)ccc(C)c2F)c1F.CCCCCc1ccc2c(oc(=O)c3c(F)c(C)ccc32)c1F. The van der Waals surface area contributed by atoms with E-state index >= 15 is 0 Å². The van der Waals surface area contributed by atoms with Crippen molar-refractivity contribution < 1.29 is 31.5 Å². The summed E-state index contributed by atoms with van der Waals surface area (Å²) in [5.74, 6) is -3.56. The minimum absolute atomic E-state index is 0.0836. The maximum atomic E-state index is 14.7. The largest absolute Gasteiger partial charge is 0.419 e. The van der Waals surface area contributed by atoms with Crippen molar-refractivity contribution in [2.75, 3.05) is 0 Å². The highest BCUT2D eigenvalue weighted by Crippen LogP contribution is 2.34. The molecule has 254 valence electrons. The van der Waals surface area contributed by atoms with Crippen LogP contribution in [0.2, 0.25) is 0 Å². The fourth-order valence-electron chi connectivity index (χ4n) is 5.33. The Bertz CT molecular complexity index is 2020. The normalized spacial score (nSPS) is 11.1. The number of hydrogen-bond acceptors (Lipinski definition) is 4. The van der Waals surface area contributed by atoms with Gasteiger partial charge in [0.2, 0.25) is 0 Å². The second kappa shape index (κ2) is 16.7. The highest BCUT2D eigenvalue weighted by atomic mass is 79.9. The summed E-state index contributed by atoms with van der Waals surface area (Å²) in [5.41, 5.74) is 0.508. The number of halogens is 6. The number of hydrogen-bond donors (Lipinski definition) is 0. The number of ether oxygens (including phenoxy) is 1. The minimum atomic E-state index is -0.946. The molecule has 0 spiro atoms. The molecule has 0 amide bonds. The van der Waals surface area contributed by atoms with Crippen LogP contribution in [-0.2, 0) is 12.8 Å². The van der Waals surface area contributed by atoms with E-state index in [4.69, 9.17) is 9.15 Å². The Morgan fingerprint density at radius 1 is 0.688 bits per heavy atom. The van der Waals surface area contributed by atoms with Gasteiger partial charge in [0.15, 0.2) is 23.0 Å². The van der Waals surface area contributed by atoms with E-state index in [0.29, 0.717) is 50.3 Å². The standard InChI is InChI=1S/C19H18Br2F2O2.C19H18F2O2/c1-3-4-5-6-12-8-10-14(21)18(17(12)23)25-19(24)15-13(20)9-7-11(2)16(15)22;1-3-4-5-6-12-8-10-14-13-9-7-11(2)16(20)15(13)19(22)23-18(14)17(12)21/h7-10H,3-6H2,1-2H3;7-10H,3-6H2,1-2H3. The first-order chi connectivity index (χ1) is 22.9. The van der Waals surface area contributed by atoms with Crippen molar-refractivity contribution >= 4 is 59.6 Å². The average molecular weight is 793 g/mol. The topological polar surface area (TPSA) is 56.5 Å². The highest BCUT2D eigenvalue weighted by Gasteiger charge is 2.23. The van der Waals surface area contributed by atoms with Crippen LogP contribution in [0.1, 0.15) is 85.0 Å². The predicted octanol–water partition coefficient (Wildman–Crippen LogP) is 12.0. The average Bonchev–Trinajstić information content (AvgIpc) is 3.05. The predicted molar refractivity (Wildman–Crippen MR) is 189 cm³/mol. The van der Waals surface area contributed by atoms with Crippen molar-refractivity contribution in [1.82, 2.24) is 0 Å². The summed E-state index contributed by atoms with van der Waals surface area (Å²) in [6.07, 6.45) is 6.97. The van der Waals surface area contributed by atoms with E-state index in [1.54, 1.807) is 62.4 Å². The van der Waals surface area contributed by atoms with Crippen molar-refractivity contribution in [2.45, 2.75) is 79.1 Å². The molecule has 0 fully saturated rings. The van der Waals surface area contributed by atoms with Crippen LogP contribution in [-0.4, -0.2) is 5.97 Å². The molecular formula is C38H36Br2F4O4. The van der Waals surface area contributed by atoms with Crippen molar-refractivity contribution in [3.8, 4) is 5.75 Å². The lowest BCUT2D eigenvalue weighted by atomic mass is 10.0. The number of carbonyl (C=O) groups excluding carboxylic acids is 1. The third-order valence-corrected chi connectivity index (χ3v) is 9.40. The Balaban J connectivity index is 0.000000217. The summed E-state index contributed by atoms with van der Waals surface area (Å²) < 4.78 is 68.7. The molecule has 1 aromatic heterocycles. The molecule has 0 N–H and O–H groups in total. The van der Waals surface area contributed by atoms with Gasteiger partial charge in [-0.05, 0) is 106 Å². The number of carbonyl (C=O) groups is 1. The fraction of sp³-hybridized carbons (Fsp3) is 0.316. The fourth-order valence-corrected chi connectivity index (χ4v) is 6.18. The first-order valence-electron chi connectivity index (χ1n) is 15.9. The Hall–Kier alpha value is -3.50. The second-order valence-electron chi connectivity index (χ2n) is 11.6. The van der Waals surface area contributed by atoms with Crippen LogP contribution in [0, 0.1) is 37.1 Å². The number of benzene rings is 4. The third kappa shape index (κ3) is 8.20. The number of aryl methyl sites for hydroxylation is 4. The van der Waals surface area contributed by atoms with Gasteiger partial charge in [0.1, 0.15) is 22.6 Å². The van der Waals surface area contributed by atoms with Crippen LogP contribution >= 0.6 is 31.9 Å². The van der Waals surface area contributed by atoms with Gasteiger partial charge in [0.05, 0.1) is 4.47 Å². The summed E-state index contributed by atoms with van der Waals surface area (Å²) in [6.45, 7) is 7.27. The van der Waals surface area contributed by atoms with Crippen molar-refractivity contribution in [1.29, 1.82) is 0 Å². The Morgan fingerprint density at radius 3 is 1.88 bits per heavy atom. The molecule has 0 unspecified atom stereocenters. The van der Waals surface area contributed by atoms with Crippen LogP contribution in [0.4, 0.5) is 17.6 Å². The first-order valence-corrected chi connectivity index (χ1v) is 17.5. The van der Waals surface area contributed by atoms with E-state index in [2.05, 4.69) is 45.7 Å². The smallest absolute Gasteiger partial charge is 0.347 e. The third-order valence-electron chi connectivity index (χ3n) is 8.11. The number of rotatable bonds is 10. The van der Waals surface area contributed by atoms with Crippen LogP contribution in [0.15, 0.2) is 66.7 Å². The zero-order valence-electron chi connectivity index (χ0n) is 27.2. The maximum Gasteiger partial charge on any atom is 0.347 e. The molecule has 5 aromatic rings. The Morgan fingerprint density at radius 2 is 1.23 bits per heavy atom. The first kappa shape index (κ1) is 37.3. The van der Waals surface area contributed by atoms with Crippen LogP contribution in [0.25, 0.3) is 21.7 Å². The summed E-state index contributed by atoms with van der Waals surface area (Å²) in [4.78, 5) is 24.5. The molecule has 0 radical (unpaired) electrons. The summed E-state index contributed by atoms with van der Waals surface area (Å²) >= 11 is 6.34. The molecule has 10 heteroatoms. The molecule has 4 aromatic carbocycles. The van der Waals surface area contributed by atoms with E-state index in [0.717, 1.165) is 38.5 Å². The van der Waals surface area contributed by atoms with Crippen LogP contribution in [0.3, 0.4) is 0 Å². The molecule has 5 rings (SSSR count). The quantitative estimate of drug-likeness (QED) is 0.0353. The van der Waals surface area contributed by atoms with Crippen molar-refractivity contribution in [3.63, 3.8) is 0 Å². The molecule has 1 heterocycles. The van der Waals surface area contributed by atoms with Gasteiger partial charge in [-0.1, -0.05) is 75.9 Å². The van der Waals surface area contributed by atoms with E-state index in [9.17, 15) is 27.2 Å². The Kier molecular flexibility index (Phi) is 13.0. The highest BCUT2D eigenvalue weighted by molar-refractivity contribution is 9.10. The lowest BCUT2D eigenvalue weighted by Crippen LogP contribution is -2.14. The van der Waals surface area contributed by atoms with Gasteiger partial charge in [0.25, 0.3) is 0 Å². The van der Waals surface area contributed by atoms with Crippen LogP contribution in [0.5, 0.6) is 5.75 Å². The zero-order chi connectivity index (χ0) is 35.1. The number of fused-ring (bicyclic) bond motifs is 3. The molecule has 4 nitrogen and oxygen atoms in total. The summed E-state index contributed by atoms with van der Waals surface area (Å²) in [7, 11) is 0. The molecule has 0 atom stereocenters. The van der Waals surface area contributed by atoms with Gasteiger partial charge >= 0.3 is 11.6 Å². The lowest BCUT2D eigenvalue weighted by molar-refractivity contribution is 0.0720. The lowest BCUT2D eigenvalue weighted by Gasteiger charge is -2.12. The van der Waals surface area contributed by atoms with Gasteiger partial charge in [-0.25, -0.2) is 27.2 Å². The number of unbranched alkanes of at least 4 members (excludes halogenated alkanes) is 4. The Labute approximate surface area is 293 Å². The molecule has 0 saturated heterocycles. The molecule has 0 saturated carbocycles. The van der Waals surface area contributed by atoms with Crippen LogP contribution < -0.4 is 10.4 Å². The molecule has 48 heavy (non-hydrogen) atoms. The monoisotopic (exact) mass is 790 g/mol. The molecular weight excluding hydrogens is 756 g/mol. The maximum absolute atomic E-state index is 14.7. The van der Waals surface area contributed by atoms with E-state index in [1.165, 1.54) is 0 Å². The molecule has 0 aliphatic heterocycles. The molecule has 0 bridgehead atoms. The minimum Gasteiger partial charge on any atom is -0.419 e. The van der Waals surface area contributed by atoms with Gasteiger partial charge in [-0.2, -0.15) is 0 Å². The zero-order valence-corrected chi connectivity index (χ0v) is 30.3. The second-order valence-corrected chi connectivity index (χ2v) is 13.3. The van der Waals surface area contributed by atoms with Gasteiger partial charge in [-0.3, -0.25) is 0 Å². The van der Waals surface area contributed by atoms with Gasteiger partial charge in [0, 0.05) is 15.2 Å². The number of esters is 1. The van der Waals surface area contributed by atoms with E-state index < -0.39 is 34.9 Å². The van der Waals surface area contributed by atoms with E-state index in [1.807, 2.05) is 0 Å². The van der Waals surface area contributed by atoms with Gasteiger partial charge in [-0.15, -0.1) is 0 Å². The molecule has 0 aliphatic rings. The molecule has 0 aliphatic carbocycles. The van der Waals surface area contributed by atoms with E-state index in [-0.39, 0.29) is 26.8 Å². The van der Waals surface area contributed by atoms with Crippen molar-refractivity contribution in [2.24, 2.45) is 0 Å². The van der Waals surface area contributed by atoms with Gasteiger partial charge < -0.3 is 9.15 Å². The summed E-state index contributed by atoms with van der Waals surface area (Å²) in [6, 6.07) is 13.0.